The molecule has 1 aromatic heterocycles. The van der Waals surface area contributed by atoms with E-state index >= 15 is 0 Å². The molecule has 26 heavy (non-hydrogen) atoms. The number of para-hydroxylation sites is 1. The highest BCUT2D eigenvalue weighted by molar-refractivity contribution is 6.30. The topological polar surface area (TPSA) is 75.3 Å². The first-order chi connectivity index (χ1) is 12.6. The summed E-state index contributed by atoms with van der Waals surface area (Å²) in [6.07, 6.45) is 0. The Balaban J connectivity index is 1.65. The normalized spacial score (nSPS) is 10.2. The Morgan fingerprint density at radius 2 is 2.04 bits per heavy atom. The van der Waals surface area contributed by atoms with Crippen LogP contribution in [0.15, 0.2) is 59.0 Å². The molecule has 6 heteroatoms. The minimum Gasteiger partial charge on any atom is -0.485 e. The van der Waals surface area contributed by atoms with Gasteiger partial charge in [-0.2, -0.15) is 5.26 Å². The van der Waals surface area contributed by atoms with E-state index in [2.05, 4.69) is 5.32 Å². The van der Waals surface area contributed by atoms with Gasteiger partial charge in [-0.3, -0.25) is 4.79 Å². The molecule has 0 aliphatic rings. The van der Waals surface area contributed by atoms with Gasteiger partial charge in [0.1, 0.15) is 24.2 Å². The molecule has 0 spiro atoms. The third-order valence-electron chi connectivity index (χ3n) is 3.69. The zero-order valence-corrected chi connectivity index (χ0v) is 14.7. The fraction of sp³-hybridized carbons (Fsp3) is 0.100. The Hall–Kier alpha value is -3.23. The molecule has 3 aromatic rings. The number of carbonyl (C=O) groups is 1. The number of carbonyl (C=O) groups excluding carboxylic acids is 1. The molecule has 1 heterocycles. The van der Waals surface area contributed by atoms with E-state index in [0.717, 1.165) is 5.56 Å². The number of hydrogen-bond donors (Lipinski definition) is 1. The van der Waals surface area contributed by atoms with Crippen molar-refractivity contribution in [2.24, 2.45) is 0 Å². The summed E-state index contributed by atoms with van der Waals surface area (Å²) in [5.41, 5.74) is 1.73. The number of hydrogen-bond acceptors (Lipinski definition) is 4. The minimum atomic E-state index is -0.429. The Bertz CT molecular complexity index is 989. The molecule has 0 aliphatic heterocycles. The molecule has 0 unspecified atom stereocenters. The molecule has 2 aromatic carbocycles. The van der Waals surface area contributed by atoms with Crippen molar-refractivity contribution in [1.82, 2.24) is 0 Å². The van der Waals surface area contributed by atoms with Gasteiger partial charge >= 0.3 is 0 Å². The fourth-order valence-electron chi connectivity index (χ4n) is 2.37. The van der Waals surface area contributed by atoms with E-state index in [1.807, 2.05) is 19.1 Å². The molecular weight excluding hydrogens is 352 g/mol. The number of nitrogens with one attached hydrogen (secondary N) is 1. The molecule has 0 saturated carbocycles. The summed E-state index contributed by atoms with van der Waals surface area (Å²) in [4.78, 5) is 12.3. The van der Waals surface area contributed by atoms with Gasteiger partial charge < -0.3 is 14.5 Å². The van der Waals surface area contributed by atoms with E-state index in [-0.39, 0.29) is 12.4 Å². The van der Waals surface area contributed by atoms with E-state index in [9.17, 15) is 4.79 Å². The molecule has 0 aliphatic carbocycles. The smallest absolute Gasteiger partial charge is 0.291 e. The van der Waals surface area contributed by atoms with Crippen molar-refractivity contribution < 1.29 is 13.9 Å². The predicted molar refractivity (Wildman–Crippen MR) is 98.3 cm³/mol. The highest BCUT2D eigenvalue weighted by Gasteiger charge is 2.14. The van der Waals surface area contributed by atoms with Crippen LogP contribution < -0.4 is 10.1 Å². The maximum Gasteiger partial charge on any atom is 0.291 e. The van der Waals surface area contributed by atoms with Gasteiger partial charge in [-0.1, -0.05) is 23.7 Å². The lowest BCUT2D eigenvalue weighted by atomic mass is 10.2. The number of benzene rings is 2. The van der Waals surface area contributed by atoms with Crippen LogP contribution in [0.3, 0.4) is 0 Å². The van der Waals surface area contributed by atoms with Crippen molar-refractivity contribution in [3.8, 4) is 11.8 Å². The van der Waals surface area contributed by atoms with Crippen LogP contribution in [-0.2, 0) is 6.61 Å². The number of furan rings is 1. The number of rotatable bonds is 5. The lowest BCUT2D eigenvalue weighted by Crippen LogP contribution is -2.11. The van der Waals surface area contributed by atoms with Crippen LogP contribution in [0.2, 0.25) is 5.02 Å². The lowest BCUT2D eigenvalue weighted by Gasteiger charge is -2.08. The van der Waals surface area contributed by atoms with Crippen LogP contribution in [-0.4, -0.2) is 5.91 Å². The van der Waals surface area contributed by atoms with Crippen LogP contribution in [0.4, 0.5) is 5.69 Å². The highest BCUT2D eigenvalue weighted by atomic mass is 35.5. The number of aryl methyl sites for hydroxylation is 1. The number of amides is 1. The largest absolute Gasteiger partial charge is 0.485 e. The molecule has 0 bridgehead atoms. The molecule has 5 nitrogen and oxygen atoms in total. The summed E-state index contributed by atoms with van der Waals surface area (Å²) in [6.45, 7) is 2.08. The molecule has 1 amide bonds. The van der Waals surface area contributed by atoms with Crippen molar-refractivity contribution in [2.45, 2.75) is 13.5 Å². The monoisotopic (exact) mass is 366 g/mol. The van der Waals surface area contributed by atoms with Crippen LogP contribution in [0.1, 0.15) is 27.4 Å². The third-order valence-corrected chi connectivity index (χ3v) is 3.92. The Kier molecular flexibility index (Phi) is 5.26. The summed E-state index contributed by atoms with van der Waals surface area (Å²) in [5.74, 6) is 0.920. The predicted octanol–water partition coefficient (Wildman–Crippen LogP) is 4.94. The lowest BCUT2D eigenvalue weighted by molar-refractivity contribution is 0.0992. The van der Waals surface area contributed by atoms with Gasteiger partial charge in [-0.25, -0.2) is 0 Å². The summed E-state index contributed by atoms with van der Waals surface area (Å²) in [7, 11) is 0. The number of ether oxygens (including phenoxy) is 1. The minimum absolute atomic E-state index is 0.143. The van der Waals surface area contributed by atoms with Gasteiger partial charge in [0.25, 0.3) is 5.91 Å². The second kappa shape index (κ2) is 7.77. The average molecular weight is 367 g/mol. The van der Waals surface area contributed by atoms with Gasteiger partial charge in [0.05, 0.1) is 11.3 Å². The second-order valence-corrected chi connectivity index (χ2v) is 6.01. The Labute approximate surface area is 155 Å². The molecule has 130 valence electrons. The Morgan fingerprint density at radius 3 is 2.81 bits per heavy atom. The van der Waals surface area contributed by atoms with Crippen LogP contribution in [0, 0.1) is 18.3 Å². The highest BCUT2D eigenvalue weighted by Crippen LogP contribution is 2.23. The summed E-state index contributed by atoms with van der Waals surface area (Å²) in [5, 5.41) is 12.4. The zero-order chi connectivity index (χ0) is 18.5. The number of halogens is 1. The SMILES string of the molecule is Cc1cc(Cl)ccc1OCc1ccc(C(=O)Nc2ccccc2C#N)o1. The average Bonchev–Trinajstić information content (AvgIpc) is 3.10. The van der Waals surface area contributed by atoms with Gasteiger partial charge in [-0.05, 0) is 55.0 Å². The molecule has 0 saturated heterocycles. The number of anilines is 1. The number of nitrogens with zero attached hydrogens (tertiary/aromatic N) is 1. The third kappa shape index (κ3) is 4.05. The standard InChI is InChI=1S/C20H15ClN2O3/c1-13-10-15(21)6-8-18(13)25-12-16-7-9-19(26-16)20(24)23-17-5-3-2-4-14(17)11-22/h2-10H,12H2,1H3,(H,23,24). The molecule has 3 rings (SSSR count). The van der Waals surface area contributed by atoms with E-state index in [1.165, 1.54) is 0 Å². The first-order valence-electron chi connectivity index (χ1n) is 7.85. The van der Waals surface area contributed by atoms with Crippen LogP contribution >= 0.6 is 11.6 Å². The summed E-state index contributed by atoms with van der Waals surface area (Å²) >= 11 is 5.92. The maximum atomic E-state index is 12.3. The number of nitriles is 1. The van der Waals surface area contributed by atoms with E-state index < -0.39 is 5.91 Å². The first-order valence-corrected chi connectivity index (χ1v) is 8.23. The molecule has 0 fully saturated rings. The molecule has 1 N–H and O–H groups in total. The van der Waals surface area contributed by atoms with Crippen molar-refractivity contribution in [2.75, 3.05) is 5.32 Å². The molecular formula is C20H15ClN2O3. The van der Waals surface area contributed by atoms with Gasteiger partial charge in [0, 0.05) is 5.02 Å². The maximum absolute atomic E-state index is 12.3. The summed E-state index contributed by atoms with van der Waals surface area (Å²) < 4.78 is 11.2. The Morgan fingerprint density at radius 1 is 1.23 bits per heavy atom. The molecule has 0 radical (unpaired) electrons. The van der Waals surface area contributed by atoms with Gasteiger partial charge in [0.15, 0.2) is 5.76 Å². The van der Waals surface area contributed by atoms with Crippen molar-refractivity contribution in [3.63, 3.8) is 0 Å². The fourth-order valence-corrected chi connectivity index (χ4v) is 2.60. The van der Waals surface area contributed by atoms with Crippen molar-refractivity contribution in [1.29, 1.82) is 5.26 Å². The van der Waals surface area contributed by atoms with E-state index in [4.69, 9.17) is 26.0 Å². The molecule has 0 atom stereocenters. The quantitative estimate of drug-likeness (QED) is 0.693. The zero-order valence-electron chi connectivity index (χ0n) is 14.0. The van der Waals surface area contributed by atoms with E-state index in [1.54, 1.807) is 48.5 Å². The second-order valence-electron chi connectivity index (χ2n) is 5.58. The first kappa shape index (κ1) is 17.6. The van der Waals surface area contributed by atoms with Crippen LogP contribution in [0.25, 0.3) is 0 Å². The summed E-state index contributed by atoms with van der Waals surface area (Å²) in [6, 6.07) is 17.4. The van der Waals surface area contributed by atoms with Gasteiger partial charge in [0.2, 0.25) is 0 Å². The van der Waals surface area contributed by atoms with Gasteiger partial charge in [-0.15, -0.1) is 0 Å². The van der Waals surface area contributed by atoms with Crippen molar-refractivity contribution in [3.05, 3.63) is 82.3 Å². The van der Waals surface area contributed by atoms with Crippen molar-refractivity contribution >= 4 is 23.2 Å². The van der Waals surface area contributed by atoms with Crippen LogP contribution in [0.5, 0.6) is 5.75 Å². The van der Waals surface area contributed by atoms with E-state index in [0.29, 0.717) is 27.8 Å².